The van der Waals surface area contributed by atoms with Gasteiger partial charge in [0.25, 0.3) is 0 Å². The van der Waals surface area contributed by atoms with Gasteiger partial charge in [-0.25, -0.2) is 4.98 Å². The number of hydrogen-bond acceptors (Lipinski definition) is 4. The fourth-order valence-electron chi connectivity index (χ4n) is 1.44. The summed E-state index contributed by atoms with van der Waals surface area (Å²) in [5, 5.41) is 3.04. The Bertz CT molecular complexity index is 517. The van der Waals surface area contributed by atoms with Gasteiger partial charge in [-0.1, -0.05) is 13.8 Å². The number of aldehydes is 1. The average Bonchev–Trinajstić information content (AvgIpc) is 2.86. The maximum Gasteiger partial charge on any atom is 0.150 e. The van der Waals surface area contributed by atoms with Gasteiger partial charge in [0.05, 0.1) is 5.69 Å². The van der Waals surface area contributed by atoms with E-state index in [0.29, 0.717) is 18.1 Å². The highest BCUT2D eigenvalue weighted by atomic mass is 32.1. The first kappa shape index (κ1) is 12.8. The molecule has 0 bridgehead atoms. The molecule has 0 fully saturated rings. The average molecular weight is 261 g/mol. The van der Waals surface area contributed by atoms with Crippen molar-refractivity contribution in [3.63, 3.8) is 0 Å². The molecule has 0 unspecified atom stereocenters. The van der Waals surface area contributed by atoms with Crippen LogP contribution in [0.1, 0.15) is 40.8 Å². The van der Waals surface area contributed by atoms with E-state index in [1.807, 2.05) is 0 Å². The van der Waals surface area contributed by atoms with Gasteiger partial charge in [-0.15, -0.1) is 11.3 Å². The molecule has 1 aromatic carbocycles. The lowest BCUT2D eigenvalue weighted by Gasteiger charge is -2.03. The second-order valence-corrected chi connectivity index (χ2v) is 5.24. The van der Waals surface area contributed by atoms with Gasteiger partial charge in [-0.05, 0) is 30.2 Å². The summed E-state index contributed by atoms with van der Waals surface area (Å²) in [7, 11) is 0. The first-order valence-electron chi connectivity index (χ1n) is 5.81. The van der Waals surface area contributed by atoms with Crippen LogP contribution in [0.25, 0.3) is 0 Å². The van der Waals surface area contributed by atoms with Crippen molar-refractivity contribution in [1.82, 2.24) is 4.98 Å². The quantitative estimate of drug-likeness (QED) is 0.771. The molecule has 0 spiro atoms. The van der Waals surface area contributed by atoms with E-state index in [1.54, 1.807) is 35.6 Å². The molecule has 2 aromatic rings. The van der Waals surface area contributed by atoms with Gasteiger partial charge < -0.3 is 4.74 Å². The molecule has 0 saturated carbocycles. The lowest BCUT2D eigenvalue weighted by atomic mass is 10.2. The second kappa shape index (κ2) is 5.78. The zero-order valence-electron chi connectivity index (χ0n) is 10.4. The smallest absolute Gasteiger partial charge is 0.150 e. The number of nitrogens with zero attached hydrogens (tertiary/aromatic N) is 1. The zero-order valence-corrected chi connectivity index (χ0v) is 11.2. The molecule has 4 heteroatoms. The Morgan fingerprint density at radius 3 is 2.61 bits per heavy atom. The van der Waals surface area contributed by atoms with Crippen molar-refractivity contribution >= 4 is 17.6 Å². The number of rotatable bonds is 5. The molecular weight excluding hydrogens is 246 g/mol. The molecule has 2 rings (SSSR count). The minimum atomic E-state index is 0.446. The van der Waals surface area contributed by atoms with E-state index < -0.39 is 0 Å². The monoisotopic (exact) mass is 261 g/mol. The number of hydrogen-bond donors (Lipinski definition) is 0. The molecule has 0 aliphatic carbocycles. The Morgan fingerprint density at radius 2 is 2.06 bits per heavy atom. The standard InChI is InChI=1S/C14H15NO2S/c1-10(2)13-9-18-14(15-13)8-17-12-5-3-11(7-16)4-6-12/h3-7,9-10H,8H2,1-2H3. The van der Waals surface area contributed by atoms with Gasteiger partial charge in [-0.3, -0.25) is 4.79 Å². The first-order chi connectivity index (χ1) is 8.69. The van der Waals surface area contributed by atoms with Crippen LogP contribution in [0.4, 0.5) is 0 Å². The number of carbonyl (C=O) groups is 1. The van der Waals surface area contributed by atoms with Gasteiger partial charge in [0.1, 0.15) is 23.7 Å². The first-order valence-corrected chi connectivity index (χ1v) is 6.69. The number of thiazole rings is 1. The Labute approximate surface area is 110 Å². The maximum absolute atomic E-state index is 10.5. The normalized spacial score (nSPS) is 10.6. The fourth-order valence-corrected chi connectivity index (χ4v) is 2.31. The van der Waals surface area contributed by atoms with Crippen LogP contribution in [0.5, 0.6) is 5.75 Å². The Kier molecular flexibility index (Phi) is 4.10. The van der Waals surface area contributed by atoms with E-state index in [1.165, 1.54) is 0 Å². The van der Waals surface area contributed by atoms with Crippen LogP contribution >= 0.6 is 11.3 Å². The van der Waals surface area contributed by atoms with Crippen molar-refractivity contribution in [3.8, 4) is 5.75 Å². The van der Waals surface area contributed by atoms with Crippen LogP contribution in [0.3, 0.4) is 0 Å². The molecule has 1 aromatic heterocycles. The van der Waals surface area contributed by atoms with E-state index in [0.717, 1.165) is 22.7 Å². The summed E-state index contributed by atoms with van der Waals surface area (Å²) in [5.74, 6) is 1.20. The highest BCUT2D eigenvalue weighted by Crippen LogP contribution is 2.19. The highest BCUT2D eigenvalue weighted by molar-refractivity contribution is 7.09. The summed E-state index contributed by atoms with van der Waals surface area (Å²) in [6.07, 6.45) is 0.819. The molecule has 1 heterocycles. The predicted octanol–water partition coefficient (Wildman–Crippen LogP) is 3.66. The Balaban J connectivity index is 1.95. The van der Waals surface area contributed by atoms with Crippen molar-refractivity contribution in [1.29, 1.82) is 0 Å². The van der Waals surface area contributed by atoms with Gasteiger partial charge in [0, 0.05) is 10.9 Å². The van der Waals surface area contributed by atoms with E-state index in [4.69, 9.17) is 4.74 Å². The number of carbonyl (C=O) groups excluding carboxylic acids is 1. The molecule has 0 aliphatic heterocycles. The van der Waals surface area contributed by atoms with Crippen LogP contribution in [0, 0.1) is 0 Å². The maximum atomic E-state index is 10.5. The summed E-state index contributed by atoms with van der Waals surface area (Å²) >= 11 is 1.61. The molecule has 0 saturated heterocycles. The highest BCUT2D eigenvalue weighted by Gasteiger charge is 2.06. The van der Waals surface area contributed by atoms with Crippen molar-refractivity contribution < 1.29 is 9.53 Å². The second-order valence-electron chi connectivity index (χ2n) is 4.30. The summed E-state index contributed by atoms with van der Waals surface area (Å²) in [6, 6.07) is 7.06. The van der Waals surface area contributed by atoms with E-state index in [9.17, 15) is 4.79 Å². The fraction of sp³-hybridized carbons (Fsp3) is 0.286. The third-order valence-corrected chi connectivity index (χ3v) is 3.38. The van der Waals surface area contributed by atoms with Gasteiger partial charge in [0.15, 0.2) is 0 Å². The van der Waals surface area contributed by atoms with Crippen LogP contribution in [-0.2, 0) is 6.61 Å². The third-order valence-electron chi connectivity index (χ3n) is 2.54. The number of benzene rings is 1. The predicted molar refractivity (Wildman–Crippen MR) is 72.4 cm³/mol. The van der Waals surface area contributed by atoms with E-state index in [2.05, 4.69) is 24.2 Å². The van der Waals surface area contributed by atoms with Crippen molar-refractivity contribution in [2.24, 2.45) is 0 Å². The molecular formula is C14H15NO2S. The summed E-state index contributed by atoms with van der Waals surface area (Å²) in [5.41, 5.74) is 1.76. The van der Waals surface area contributed by atoms with Crippen molar-refractivity contribution in [2.75, 3.05) is 0 Å². The van der Waals surface area contributed by atoms with Crippen LogP contribution in [-0.4, -0.2) is 11.3 Å². The van der Waals surface area contributed by atoms with Gasteiger partial charge in [-0.2, -0.15) is 0 Å². The van der Waals surface area contributed by atoms with Crippen molar-refractivity contribution in [2.45, 2.75) is 26.4 Å². The molecule has 0 radical (unpaired) electrons. The third kappa shape index (κ3) is 3.17. The Morgan fingerprint density at radius 1 is 1.33 bits per heavy atom. The van der Waals surface area contributed by atoms with E-state index in [-0.39, 0.29) is 0 Å². The molecule has 94 valence electrons. The summed E-state index contributed by atoms with van der Waals surface area (Å²) in [6.45, 7) is 4.72. The molecule has 0 aliphatic rings. The molecule has 0 N–H and O–H groups in total. The van der Waals surface area contributed by atoms with E-state index >= 15 is 0 Å². The van der Waals surface area contributed by atoms with Gasteiger partial charge in [0.2, 0.25) is 0 Å². The topological polar surface area (TPSA) is 39.2 Å². The van der Waals surface area contributed by atoms with Gasteiger partial charge >= 0.3 is 0 Å². The number of ether oxygens (including phenoxy) is 1. The minimum absolute atomic E-state index is 0.446. The lowest BCUT2D eigenvalue weighted by molar-refractivity contribution is 0.112. The minimum Gasteiger partial charge on any atom is -0.486 e. The SMILES string of the molecule is CC(C)c1csc(COc2ccc(C=O)cc2)n1. The van der Waals surface area contributed by atoms with Crippen LogP contribution < -0.4 is 4.74 Å². The van der Waals surface area contributed by atoms with Crippen molar-refractivity contribution in [3.05, 3.63) is 45.9 Å². The molecule has 0 amide bonds. The lowest BCUT2D eigenvalue weighted by Crippen LogP contribution is -1.96. The molecule has 18 heavy (non-hydrogen) atoms. The largest absolute Gasteiger partial charge is 0.486 e. The van der Waals surface area contributed by atoms with Crippen LogP contribution in [0.15, 0.2) is 29.6 Å². The summed E-state index contributed by atoms with van der Waals surface area (Å²) < 4.78 is 5.62. The van der Waals surface area contributed by atoms with Crippen LogP contribution in [0.2, 0.25) is 0 Å². The molecule has 3 nitrogen and oxygen atoms in total. The Hall–Kier alpha value is -1.68. The summed E-state index contributed by atoms with van der Waals surface area (Å²) in [4.78, 5) is 15.0. The zero-order chi connectivity index (χ0) is 13.0. The molecule has 0 atom stereocenters. The number of aromatic nitrogens is 1.